The first-order chi connectivity index (χ1) is 8.69. The molecule has 1 saturated carbocycles. The Morgan fingerprint density at radius 3 is 2.44 bits per heavy atom. The topological polar surface area (TPSA) is 43.8 Å². The predicted octanol–water partition coefficient (Wildman–Crippen LogP) is 1.48. The molecule has 4 nitrogen and oxygen atoms in total. The zero-order valence-electron chi connectivity index (χ0n) is 11.9. The molecule has 0 unspecified atom stereocenters. The van der Waals surface area contributed by atoms with Gasteiger partial charge in [0.2, 0.25) is 5.91 Å². The fourth-order valence-electron chi connectivity index (χ4n) is 2.70. The minimum absolute atomic E-state index is 0.125. The Balaban J connectivity index is 2.40. The van der Waals surface area contributed by atoms with E-state index in [4.69, 9.17) is 5.11 Å². The molecule has 0 heterocycles. The number of aliphatic hydroxyl groups is 1. The zero-order chi connectivity index (χ0) is 13.4. The van der Waals surface area contributed by atoms with Gasteiger partial charge < -0.3 is 10.0 Å². The smallest absolute Gasteiger partial charge is 0.236 e. The van der Waals surface area contributed by atoms with E-state index in [1.165, 1.54) is 19.3 Å². The van der Waals surface area contributed by atoms with Gasteiger partial charge in [-0.25, -0.2) is 0 Å². The van der Waals surface area contributed by atoms with E-state index in [-0.39, 0.29) is 12.5 Å². The van der Waals surface area contributed by atoms with Gasteiger partial charge in [0.1, 0.15) is 0 Å². The first kappa shape index (κ1) is 15.4. The second-order valence-corrected chi connectivity index (χ2v) is 5.30. The number of carbonyl (C=O) groups is 1. The van der Waals surface area contributed by atoms with E-state index in [2.05, 4.69) is 6.92 Å². The molecule has 0 radical (unpaired) electrons. The Kier molecular flexibility index (Phi) is 7.28. The zero-order valence-corrected chi connectivity index (χ0v) is 11.9. The first-order valence-corrected chi connectivity index (χ1v) is 7.28. The second kappa shape index (κ2) is 8.48. The molecule has 1 amide bonds. The van der Waals surface area contributed by atoms with Crippen molar-refractivity contribution in [2.45, 2.75) is 51.5 Å². The van der Waals surface area contributed by atoms with Gasteiger partial charge in [0.15, 0.2) is 0 Å². The van der Waals surface area contributed by atoms with Crippen LogP contribution in [0.4, 0.5) is 0 Å². The van der Waals surface area contributed by atoms with Gasteiger partial charge in [-0.05, 0) is 25.8 Å². The summed E-state index contributed by atoms with van der Waals surface area (Å²) in [5.74, 6) is 0.198. The molecule has 0 aliphatic heterocycles. The van der Waals surface area contributed by atoms with E-state index in [0.717, 1.165) is 25.8 Å². The van der Waals surface area contributed by atoms with Crippen LogP contribution in [-0.4, -0.2) is 60.1 Å². The lowest BCUT2D eigenvalue weighted by Crippen LogP contribution is -2.44. The molecule has 0 aromatic heterocycles. The predicted molar refractivity (Wildman–Crippen MR) is 73.5 cm³/mol. The standard InChI is InChI=1S/C14H28N2O2/c1-3-9-16(10-11-17)12-14(18)15(2)13-7-5-4-6-8-13/h13,17H,3-12H2,1-2H3. The summed E-state index contributed by atoms with van der Waals surface area (Å²) in [6.07, 6.45) is 7.12. The van der Waals surface area contributed by atoms with E-state index in [9.17, 15) is 4.79 Å². The van der Waals surface area contributed by atoms with Crippen LogP contribution in [0.2, 0.25) is 0 Å². The van der Waals surface area contributed by atoms with Crippen molar-refractivity contribution in [1.82, 2.24) is 9.80 Å². The van der Waals surface area contributed by atoms with Crippen LogP contribution in [0.25, 0.3) is 0 Å². The quantitative estimate of drug-likeness (QED) is 0.750. The van der Waals surface area contributed by atoms with Crippen molar-refractivity contribution >= 4 is 5.91 Å². The summed E-state index contributed by atoms with van der Waals surface area (Å²) < 4.78 is 0. The molecular formula is C14H28N2O2. The summed E-state index contributed by atoms with van der Waals surface area (Å²) in [4.78, 5) is 16.2. The average Bonchev–Trinajstić information content (AvgIpc) is 2.39. The Morgan fingerprint density at radius 2 is 1.89 bits per heavy atom. The van der Waals surface area contributed by atoms with Gasteiger partial charge in [-0.15, -0.1) is 0 Å². The van der Waals surface area contributed by atoms with E-state index in [1.807, 2.05) is 16.8 Å². The first-order valence-electron chi connectivity index (χ1n) is 7.28. The number of rotatable bonds is 7. The fraction of sp³-hybridized carbons (Fsp3) is 0.929. The van der Waals surface area contributed by atoms with Crippen LogP contribution < -0.4 is 0 Å². The van der Waals surface area contributed by atoms with Crippen molar-refractivity contribution in [2.75, 3.05) is 33.3 Å². The van der Waals surface area contributed by atoms with Crippen LogP contribution in [0, 0.1) is 0 Å². The van der Waals surface area contributed by atoms with Gasteiger partial charge >= 0.3 is 0 Å². The van der Waals surface area contributed by atoms with E-state index < -0.39 is 0 Å². The van der Waals surface area contributed by atoms with Crippen LogP contribution in [0.1, 0.15) is 45.4 Å². The van der Waals surface area contributed by atoms with Gasteiger partial charge in [0, 0.05) is 19.6 Å². The van der Waals surface area contributed by atoms with Crippen molar-refractivity contribution in [1.29, 1.82) is 0 Å². The Morgan fingerprint density at radius 1 is 1.22 bits per heavy atom. The molecule has 0 atom stereocenters. The van der Waals surface area contributed by atoms with E-state index >= 15 is 0 Å². The third kappa shape index (κ3) is 4.94. The number of hydrogen-bond acceptors (Lipinski definition) is 3. The lowest BCUT2D eigenvalue weighted by Gasteiger charge is -2.33. The molecular weight excluding hydrogens is 228 g/mol. The van der Waals surface area contributed by atoms with Crippen molar-refractivity contribution in [3.63, 3.8) is 0 Å². The maximum absolute atomic E-state index is 12.2. The number of aliphatic hydroxyl groups excluding tert-OH is 1. The van der Waals surface area contributed by atoms with Gasteiger partial charge in [-0.2, -0.15) is 0 Å². The fourth-order valence-corrected chi connectivity index (χ4v) is 2.70. The van der Waals surface area contributed by atoms with Crippen LogP contribution in [0.15, 0.2) is 0 Å². The molecule has 1 N–H and O–H groups in total. The summed E-state index contributed by atoms with van der Waals surface area (Å²) in [6.45, 7) is 4.14. The summed E-state index contributed by atoms with van der Waals surface area (Å²) in [6, 6.07) is 0.434. The molecule has 0 spiro atoms. The molecule has 1 fully saturated rings. The number of carbonyl (C=O) groups excluding carboxylic acids is 1. The van der Waals surface area contributed by atoms with Crippen molar-refractivity contribution < 1.29 is 9.90 Å². The average molecular weight is 256 g/mol. The highest BCUT2D eigenvalue weighted by Crippen LogP contribution is 2.21. The van der Waals surface area contributed by atoms with E-state index in [1.54, 1.807) is 0 Å². The van der Waals surface area contributed by atoms with Crippen LogP contribution in [0.3, 0.4) is 0 Å². The summed E-state index contributed by atoms with van der Waals surface area (Å²) in [5.41, 5.74) is 0. The Hall–Kier alpha value is -0.610. The van der Waals surface area contributed by atoms with Crippen molar-refractivity contribution in [3.8, 4) is 0 Å². The largest absolute Gasteiger partial charge is 0.395 e. The van der Waals surface area contributed by atoms with E-state index in [0.29, 0.717) is 19.1 Å². The van der Waals surface area contributed by atoms with Crippen LogP contribution >= 0.6 is 0 Å². The van der Waals surface area contributed by atoms with Gasteiger partial charge in [0.25, 0.3) is 0 Å². The second-order valence-electron chi connectivity index (χ2n) is 5.30. The normalized spacial score (nSPS) is 17.1. The maximum Gasteiger partial charge on any atom is 0.236 e. The van der Waals surface area contributed by atoms with Crippen LogP contribution in [-0.2, 0) is 4.79 Å². The molecule has 0 saturated heterocycles. The lowest BCUT2D eigenvalue weighted by molar-refractivity contribution is -0.133. The molecule has 1 rings (SSSR count). The van der Waals surface area contributed by atoms with Gasteiger partial charge in [0.05, 0.1) is 13.2 Å². The van der Waals surface area contributed by atoms with Crippen molar-refractivity contribution in [3.05, 3.63) is 0 Å². The SMILES string of the molecule is CCCN(CCO)CC(=O)N(C)C1CCCCC1. The number of nitrogens with zero attached hydrogens (tertiary/aromatic N) is 2. The summed E-state index contributed by atoms with van der Waals surface area (Å²) in [5, 5.41) is 9.00. The Labute approximate surface area is 111 Å². The van der Waals surface area contributed by atoms with Crippen molar-refractivity contribution in [2.24, 2.45) is 0 Å². The minimum Gasteiger partial charge on any atom is -0.395 e. The van der Waals surface area contributed by atoms with Gasteiger partial charge in [-0.1, -0.05) is 26.2 Å². The number of amides is 1. The monoisotopic (exact) mass is 256 g/mol. The number of hydrogen-bond donors (Lipinski definition) is 1. The summed E-state index contributed by atoms with van der Waals surface area (Å²) >= 11 is 0. The molecule has 106 valence electrons. The summed E-state index contributed by atoms with van der Waals surface area (Å²) in [7, 11) is 1.93. The lowest BCUT2D eigenvalue weighted by atomic mass is 9.94. The Bertz CT molecular complexity index is 234. The highest BCUT2D eigenvalue weighted by Gasteiger charge is 2.23. The molecule has 0 aromatic rings. The van der Waals surface area contributed by atoms with Crippen LogP contribution in [0.5, 0.6) is 0 Å². The molecule has 0 bridgehead atoms. The molecule has 1 aliphatic rings. The molecule has 4 heteroatoms. The third-order valence-electron chi connectivity index (χ3n) is 3.83. The minimum atomic E-state index is 0.125. The number of likely N-dealkylation sites (N-methyl/N-ethyl adjacent to an activating group) is 1. The molecule has 0 aromatic carbocycles. The molecule has 1 aliphatic carbocycles. The highest BCUT2D eigenvalue weighted by molar-refractivity contribution is 5.78. The van der Waals surface area contributed by atoms with Gasteiger partial charge in [-0.3, -0.25) is 9.69 Å². The maximum atomic E-state index is 12.2. The highest BCUT2D eigenvalue weighted by atomic mass is 16.3. The molecule has 18 heavy (non-hydrogen) atoms. The third-order valence-corrected chi connectivity index (χ3v) is 3.83.